The number of benzene rings is 1. The molecule has 1 aromatic carbocycles. The number of para-hydroxylation sites is 2. The summed E-state index contributed by atoms with van der Waals surface area (Å²) in [7, 11) is 0. The summed E-state index contributed by atoms with van der Waals surface area (Å²) < 4.78 is 17.5. The van der Waals surface area contributed by atoms with E-state index in [2.05, 4.69) is 24.1 Å². The van der Waals surface area contributed by atoms with Crippen LogP contribution in [0, 0.1) is 0 Å². The number of anilines is 1. The van der Waals surface area contributed by atoms with Crippen molar-refractivity contribution in [2.24, 2.45) is 0 Å². The van der Waals surface area contributed by atoms with Crippen molar-refractivity contribution in [2.75, 3.05) is 44.8 Å². The summed E-state index contributed by atoms with van der Waals surface area (Å²) in [5.41, 5.74) is 0.647. The molecule has 1 aliphatic heterocycles. The van der Waals surface area contributed by atoms with Crippen LogP contribution in [0.4, 0.5) is 10.5 Å². The van der Waals surface area contributed by atoms with Gasteiger partial charge in [0.05, 0.1) is 18.9 Å². The lowest BCUT2D eigenvalue weighted by molar-refractivity contribution is 0.00799. The molecule has 1 aromatic rings. The Bertz CT molecular complexity index is 618. The number of unbranched alkanes of at least 4 members (excludes halogenated alkanes) is 4. The van der Waals surface area contributed by atoms with Crippen LogP contribution in [0.15, 0.2) is 24.3 Å². The molecule has 1 aliphatic rings. The number of amides is 1. The van der Waals surface area contributed by atoms with Gasteiger partial charge in [-0.15, -0.1) is 0 Å². The minimum atomic E-state index is -0.455. The van der Waals surface area contributed by atoms with Crippen molar-refractivity contribution in [3.05, 3.63) is 24.3 Å². The lowest BCUT2D eigenvalue weighted by Crippen LogP contribution is -2.39. The normalized spacial score (nSPS) is 15.7. The van der Waals surface area contributed by atoms with E-state index >= 15 is 0 Å². The highest BCUT2D eigenvalue weighted by Crippen LogP contribution is 2.24. The molecule has 0 aromatic heterocycles. The molecule has 1 atom stereocenters. The van der Waals surface area contributed by atoms with Crippen molar-refractivity contribution in [3.63, 3.8) is 0 Å². The molecule has 6 nitrogen and oxygen atoms in total. The molecule has 1 unspecified atom stereocenters. The van der Waals surface area contributed by atoms with E-state index in [1.165, 1.54) is 51.4 Å². The second-order valence-electron chi connectivity index (χ2n) is 8.70. The molecular weight excluding hydrogens is 404 g/mol. The molecule has 1 heterocycles. The summed E-state index contributed by atoms with van der Waals surface area (Å²) in [5.74, 6) is 0.686. The van der Waals surface area contributed by atoms with E-state index in [4.69, 9.17) is 14.2 Å². The van der Waals surface area contributed by atoms with E-state index in [-0.39, 0.29) is 6.10 Å². The van der Waals surface area contributed by atoms with Crippen LogP contribution in [0.3, 0.4) is 0 Å². The van der Waals surface area contributed by atoms with Gasteiger partial charge in [0.1, 0.15) is 11.9 Å². The fourth-order valence-corrected chi connectivity index (χ4v) is 3.96. The third-order valence-corrected chi connectivity index (χ3v) is 5.72. The Kier molecular flexibility index (Phi) is 13.9. The fraction of sp³-hybridized carbons (Fsp3) is 0.731. The number of rotatable bonds is 15. The molecule has 1 N–H and O–H groups in total. The first-order valence-electron chi connectivity index (χ1n) is 12.7. The zero-order chi connectivity index (χ0) is 22.9. The predicted octanol–water partition coefficient (Wildman–Crippen LogP) is 6.26. The fourth-order valence-electron chi connectivity index (χ4n) is 3.96. The van der Waals surface area contributed by atoms with E-state index < -0.39 is 6.09 Å². The number of carbonyl (C=O) groups excluding carboxylic acids is 1. The van der Waals surface area contributed by atoms with Gasteiger partial charge in [0.15, 0.2) is 0 Å². The maximum absolute atomic E-state index is 12.7. The molecule has 182 valence electrons. The van der Waals surface area contributed by atoms with Crippen molar-refractivity contribution in [3.8, 4) is 5.75 Å². The SMILES string of the molecule is CCCCCCCOc1ccccc1NC(=O)OC(COCCC)CN1CCCCCC1. The molecule has 1 amide bonds. The Hall–Kier alpha value is -1.79. The Morgan fingerprint density at radius 3 is 2.47 bits per heavy atom. The predicted molar refractivity (Wildman–Crippen MR) is 131 cm³/mol. The van der Waals surface area contributed by atoms with Crippen LogP contribution < -0.4 is 10.1 Å². The van der Waals surface area contributed by atoms with Gasteiger partial charge in [-0.2, -0.15) is 0 Å². The average molecular weight is 449 g/mol. The number of nitrogens with zero attached hydrogens (tertiary/aromatic N) is 1. The maximum Gasteiger partial charge on any atom is 0.412 e. The molecule has 6 heteroatoms. The van der Waals surface area contributed by atoms with Crippen LogP contribution in [0.5, 0.6) is 5.75 Å². The van der Waals surface area contributed by atoms with E-state index in [0.717, 1.165) is 25.9 Å². The number of carbonyl (C=O) groups is 1. The van der Waals surface area contributed by atoms with E-state index in [1.807, 2.05) is 24.3 Å². The standard InChI is InChI=1S/C26H44N2O4/c1-3-5-6-9-14-20-31-25-16-11-10-15-24(25)27-26(29)32-23(22-30-19-4-2)21-28-17-12-7-8-13-18-28/h10-11,15-16,23H,3-9,12-14,17-22H2,1-2H3,(H,27,29). The zero-order valence-corrected chi connectivity index (χ0v) is 20.3. The first-order chi connectivity index (χ1) is 15.7. The molecule has 32 heavy (non-hydrogen) atoms. The van der Waals surface area contributed by atoms with Gasteiger partial charge in [0, 0.05) is 13.2 Å². The first kappa shape index (κ1) is 26.5. The summed E-state index contributed by atoms with van der Waals surface area (Å²) >= 11 is 0. The number of likely N-dealkylation sites (tertiary alicyclic amines) is 1. The lowest BCUT2D eigenvalue weighted by atomic mass is 10.2. The molecule has 0 aliphatic carbocycles. The van der Waals surface area contributed by atoms with Crippen molar-refractivity contribution >= 4 is 11.8 Å². The van der Waals surface area contributed by atoms with Crippen molar-refractivity contribution in [2.45, 2.75) is 84.2 Å². The van der Waals surface area contributed by atoms with E-state index in [0.29, 0.717) is 37.8 Å². The van der Waals surface area contributed by atoms with Gasteiger partial charge in [-0.1, -0.05) is 64.5 Å². The molecule has 0 bridgehead atoms. The van der Waals surface area contributed by atoms with Gasteiger partial charge in [-0.3, -0.25) is 10.2 Å². The monoisotopic (exact) mass is 448 g/mol. The Morgan fingerprint density at radius 1 is 0.969 bits per heavy atom. The van der Waals surface area contributed by atoms with E-state index in [9.17, 15) is 4.79 Å². The smallest absolute Gasteiger partial charge is 0.412 e. The quantitative estimate of drug-likeness (QED) is 0.321. The summed E-state index contributed by atoms with van der Waals surface area (Å²) in [6.07, 6.45) is 11.1. The van der Waals surface area contributed by atoms with Crippen LogP contribution in [-0.4, -0.2) is 56.6 Å². The van der Waals surface area contributed by atoms with Crippen LogP contribution in [-0.2, 0) is 9.47 Å². The Morgan fingerprint density at radius 2 is 1.72 bits per heavy atom. The Balaban J connectivity index is 1.86. The molecule has 0 spiro atoms. The highest BCUT2D eigenvalue weighted by Gasteiger charge is 2.20. The minimum Gasteiger partial charge on any atom is -0.491 e. The van der Waals surface area contributed by atoms with Gasteiger partial charge < -0.3 is 14.2 Å². The molecule has 0 radical (unpaired) electrons. The van der Waals surface area contributed by atoms with Crippen LogP contribution in [0.25, 0.3) is 0 Å². The lowest BCUT2D eigenvalue weighted by Gasteiger charge is -2.26. The third-order valence-electron chi connectivity index (χ3n) is 5.72. The Labute approximate surface area is 195 Å². The van der Waals surface area contributed by atoms with Crippen LogP contribution >= 0.6 is 0 Å². The molecule has 1 fully saturated rings. The summed E-state index contributed by atoms with van der Waals surface area (Å²) in [6.45, 7) is 8.88. The van der Waals surface area contributed by atoms with E-state index in [1.54, 1.807) is 0 Å². The first-order valence-corrected chi connectivity index (χ1v) is 12.7. The zero-order valence-electron chi connectivity index (χ0n) is 20.3. The molecule has 0 saturated carbocycles. The highest BCUT2D eigenvalue weighted by molar-refractivity contribution is 5.86. The number of hydrogen-bond acceptors (Lipinski definition) is 5. The van der Waals surface area contributed by atoms with Gasteiger partial charge >= 0.3 is 6.09 Å². The van der Waals surface area contributed by atoms with Crippen molar-refractivity contribution in [1.82, 2.24) is 4.90 Å². The number of nitrogens with one attached hydrogen (secondary N) is 1. The van der Waals surface area contributed by atoms with Crippen LogP contribution in [0.1, 0.15) is 78.1 Å². The average Bonchev–Trinajstić information content (AvgIpc) is 3.06. The molecule has 1 saturated heterocycles. The summed E-state index contributed by atoms with van der Waals surface area (Å²) in [5, 5.41) is 2.88. The number of ether oxygens (including phenoxy) is 3. The number of hydrogen-bond donors (Lipinski definition) is 1. The summed E-state index contributed by atoms with van der Waals surface area (Å²) in [6, 6.07) is 7.55. The largest absolute Gasteiger partial charge is 0.491 e. The van der Waals surface area contributed by atoms with Crippen molar-refractivity contribution in [1.29, 1.82) is 0 Å². The second kappa shape index (κ2) is 16.8. The van der Waals surface area contributed by atoms with Crippen molar-refractivity contribution < 1.29 is 19.0 Å². The maximum atomic E-state index is 12.7. The molecule has 2 rings (SSSR count). The molecular formula is C26H44N2O4. The topological polar surface area (TPSA) is 60.0 Å². The van der Waals surface area contributed by atoms with Gasteiger partial charge in [-0.05, 0) is 50.9 Å². The van der Waals surface area contributed by atoms with Crippen LogP contribution in [0.2, 0.25) is 0 Å². The highest BCUT2D eigenvalue weighted by atomic mass is 16.6. The van der Waals surface area contributed by atoms with Gasteiger partial charge in [0.25, 0.3) is 0 Å². The van der Waals surface area contributed by atoms with Gasteiger partial charge in [-0.25, -0.2) is 4.79 Å². The van der Waals surface area contributed by atoms with Gasteiger partial charge in [0.2, 0.25) is 0 Å². The second-order valence-corrected chi connectivity index (χ2v) is 8.70. The third kappa shape index (κ3) is 11.2. The minimum absolute atomic E-state index is 0.286. The summed E-state index contributed by atoms with van der Waals surface area (Å²) in [4.78, 5) is 15.1.